The lowest BCUT2D eigenvalue weighted by Gasteiger charge is -2.24. The van der Waals surface area contributed by atoms with Crippen LogP contribution in [0.15, 0.2) is 24.5 Å². The van der Waals surface area contributed by atoms with Crippen LogP contribution in [0.5, 0.6) is 0 Å². The van der Waals surface area contributed by atoms with Gasteiger partial charge >= 0.3 is 6.03 Å². The topological polar surface area (TPSA) is 54.0 Å². The van der Waals surface area contributed by atoms with Gasteiger partial charge in [-0.05, 0) is 49.0 Å². The molecule has 5 heteroatoms. The predicted octanol–water partition coefficient (Wildman–Crippen LogP) is 3.22. The number of nitrogens with zero attached hydrogens (tertiary/aromatic N) is 1. The van der Waals surface area contributed by atoms with Crippen LogP contribution in [0, 0.1) is 5.92 Å². The molecular formula is C15H25N3OS. The molecule has 0 aliphatic heterocycles. The number of thioether (sulfide) groups is 1. The molecule has 20 heavy (non-hydrogen) atoms. The number of hydrogen-bond acceptors (Lipinski definition) is 3. The monoisotopic (exact) mass is 295 g/mol. The molecule has 1 heterocycles. The van der Waals surface area contributed by atoms with Gasteiger partial charge in [0.15, 0.2) is 0 Å². The number of pyridine rings is 1. The number of carbonyl (C=O) groups is 1. The summed E-state index contributed by atoms with van der Waals surface area (Å²) in [5.74, 6) is 1.38. The van der Waals surface area contributed by atoms with Gasteiger partial charge in [0.1, 0.15) is 0 Å². The summed E-state index contributed by atoms with van der Waals surface area (Å²) < 4.78 is 0. The number of urea groups is 1. The van der Waals surface area contributed by atoms with E-state index in [2.05, 4.69) is 35.7 Å². The van der Waals surface area contributed by atoms with Crippen LogP contribution in [0.2, 0.25) is 0 Å². The molecule has 0 fully saturated rings. The third-order valence-corrected chi connectivity index (χ3v) is 3.79. The zero-order chi connectivity index (χ0) is 15.0. The molecule has 2 atom stereocenters. The second-order valence-corrected chi connectivity index (χ2v) is 6.29. The first-order valence-corrected chi connectivity index (χ1v) is 8.39. The molecule has 0 spiro atoms. The van der Waals surface area contributed by atoms with Crippen molar-refractivity contribution < 1.29 is 4.79 Å². The second kappa shape index (κ2) is 8.84. The van der Waals surface area contributed by atoms with E-state index in [-0.39, 0.29) is 18.1 Å². The summed E-state index contributed by atoms with van der Waals surface area (Å²) in [6, 6.07) is 3.98. The lowest BCUT2D eigenvalue weighted by Crippen LogP contribution is -2.43. The Balaban J connectivity index is 2.56. The Kier molecular flexibility index (Phi) is 7.44. The molecule has 2 amide bonds. The average molecular weight is 295 g/mol. The molecule has 0 unspecified atom stereocenters. The smallest absolute Gasteiger partial charge is 0.315 e. The highest BCUT2D eigenvalue weighted by Crippen LogP contribution is 2.20. The van der Waals surface area contributed by atoms with Gasteiger partial charge in [-0.25, -0.2) is 4.79 Å². The van der Waals surface area contributed by atoms with E-state index >= 15 is 0 Å². The van der Waals surface area contributed by atoms with Gasteiger partial charge in [-0.2, -0.15) is 11.8 Å². The number of rotatable bonds is 7. The lowest BCUT2D eigenvalue weighted by molar-refractivity contribution is 0.229. The molecule has 1 aromatic rings. The first-order chi connectivity index (χ1) is 9.54. The van der Waals surface area contributed by atoms with Gasteiger partial charge in [-0.3, -0.25) is 4.98 Å². The highest BCUT2D eigenvalue weighted by molar-refractivity contribution is 7.98. The maximum absolute atomic E-state index is 12.1. The van der Waals surface area contributed by atoms with Crippen LogP contribution in [0.4, 0.5) is 4.79 Å². The number of carbonyl (C=O) groups excluding carboxylic acids is 1. The maximum Gasteiger partial charge on any atom is 0.315 e. The van der Waals surface area contributed by atoms with Crippen LogP contribution in [-0.2, 0) is 0 Å². The van der Waals surface area contributed by atoms with Crippen molar-refractivity contribution in [3.8, 4) is 0 Å². The summed E-state index contributed by atoms with van der Waals surface area (Å²) in [5, 5.41) is 6.05. The van der Waals surface area contributed by atoms with Crippen LogP contribution >= 0.6 is 11.8 Å². The van der Waals surface area contributed by atoms with Gasteiger partial charge in [0.05, 0.1) is 6.04 Å². The van der Waals surface area contributed by atoms with Gasteiger partial charge < -0.3 is 10.6 Å². The van der Waals surface area contributed by atoms with Gasteiger partial charge in [0.2, 0.25) is 0 Å². The quantitative estimate of drug-likeness (QED) is 0.812. The van der Waals surface area contributed by atoms with Crippen LogP contribution < -0.4 is 10.6 Å². The van der Waals surface area contributed by atoms with Crippen molar-refractivity contribution in [2.45, 2.75) is 39.3 Å². The maximum atomic E-state index is 12.1. The van der Waals surface area contributed by atoms with E-state index < -0.39 is 0 Å². The van der Waals surface area contributed by atoms with E-state index in [0.29, 0.717) is 5.92 Å². The molecule has 2 N–H and O–H groups in total. The van der Waals surface area contributed by atoms with E-state index in [1.54, 1.807) is 24.2 Å². The number of hydrogen-bond donors (Lipinski definition) is 2. The largest absolute Gasteiger partial charge is 0.336 e. The van der Waals surface area contributed by atoms with Gasteiger partial charge in [-0.15, -0.1) is 0 Å². The Hall–Kier alpha value is -1.23. The summed E-state index contributed by atoms with van der Waals surface area (Å²) >= 11 is 1.79. The van der Waals surface area contributed by atoms with E-state index in [1.165, 1.54) is 0 Å². The fourth-order valence-electron chi connectivity index (χ4n) is 1.98. The highest BCUT2D eigenvalue weighted by Gasteiger charge is 2.18. The van der Waals surface area contributed by atoms with Crippen molar-refractivity contribution in [3.63, 3.8) is 0 Å². The molecule has 1 aromatic heterocycles. The summed E-state index contributed by atoms with van der Waals surface area (Å²) in [7, 11) is 0. The third-order valence-electron chi connectivity index (χ3n) is 3.15. The number of aromatic nitrogens is 1. The fourth-order valence-corrected chi connectivity index (χ4v) is 2.57. The van der Waals surface area contributed by atoms with E-state index in [0.717, 1.165) is 17.7 Å². The molecule has 0 aliphatic carbocycles. The van der Waals surface area contributed by atoms with E-state index in [4.69, 9.17) is 0 Å². The third kappa shape index (κ3) is 5.82. The van der Waals surface area contributed by atoms with Gasteiger partial charge in [-0.1, -0.05) is 13.8 Å². The molecule has 4 nitrogen and oxygen atoms in total. The van der Waals surface area contributed by atoms with Gasteiger partial charge in [0, 0.05) is 18.4 Å². The normalized spacial score (nSPS) is 13.8. The minimum atomic E-state index is -0.103. The minimum absolute atomic E-state index is 0.00532. The molecule has 0 saturated heterocycles. The lowest BCUT2D eigenvalue weighted by atomic mass is 9.97. The van der Waals surface area contributed by atoms with Crippen molar-refractivity contribution >= 4 is 17.8 Å². The fraction of sp³-hybridized carbons (Fsp3) is 0.600. The average Bonchev–Trinajstić information content (AvgIpc) is 2.43. The molecule has 0 radical (unpaired) electrons. The van der Waals surface area contributed by atoms with Crippen molar-refractivity contribution in [2.75, 3.05) is 12.0 Å². The first kappa shape index (κ1) is 16.8. The van der Waals surface area contributed by atoms with Crippen molar-refractivity contribution in [2.24, 2.45) is 5.92 Å². The summed E-state index contributed by atoms with van der Waals surface area (Å²) in [6.45, 7) is 6.23. The summed E-state index contributed by atoms with van der Waals surface area (Å²) in [5.41, 5.74) is 1.09. The highest BCUT2D eigenvalue weighted by atomic mass is 32.2. The van der Waals surface area contributed by atoms with Crippen LogP contribution in [0.3, 0.4) is 0 Å². The molecule has 1 rings (SSSR count). The number of amides is 2. The van der Waals surface area contributed by atoms with Crippen LogP contribution in [0.1, 0.15) is 38.8 Å². The predicted molar refractivity (Wildman–Crippen MR) is 85.9 cm³/mol. The molecule has 0 saturated carbocycles. The Labute approximate surface area is 126 Å². The zero-order valence-corrected chi connectivity index (χ0v) is 13.5. The van der Waals surface area contributed by atoms with Crippen molar-refractivity contribution in [1.82, 2.24) is 15.6 Å². The molecular weight excluding hydrogens is 270 g/mol. The molecule has 0 aromatic carbocycles. The molecule has 112 valence electrons. The minimum Gasteiger partial charge on any atom is -0.336 e. The van der Waals surface area contributed by atoms with E-state index in [9.17, 15) is 4.79 Å². The second-order valence-electron chi connectivity index (χ2n) is 5.30. The van der Waals surface area contributed by atoms with Crippen molar-refractivity contribution in [1.29, 1.82) is 0 Å². The Morgan fingerprint density at radius 3 is 2.45 bits per heavy atom. The standard InChI is InChI=1S/C15H25N3OS/c1-11(2)14(13-5-8-16-9-6-13)18-15(19)17-12(3)7-10-20-4/h5-6,8-9,11-12,14H,7,10H2,1-4H3,(H2,17,18,19)/t12-,14+/m1/s1. The Morgan fingerprint density at radius 1 is 1.25 bits per heavy atom. The summed E-state index contributed by atoms with van der Waals surface area (Å²) in [6.07, 6.45) is 6.57. The first-order valence-electron chi connectivity index (χ1n) is 7.00. The summed E-state index contributed by atoms with van der Waals surface area (Å²) in [4.78, 5) is 16.1. The van der Waals surface area contributed by atoms with E-state index in [1.807, 2.05) is 19.1 Å². The number of nitrogens with one attached hydrogen (secondary N) is 2. The van der Waals surface area contributed by atoms with Crippen LogP contribution in [-0.4, -0.2) is 29.1 Å². The SMILES string of the molecule is CSCC[C@@H](C)NC(=O)N[C@H](c1ccncc1)C(C)C. The van der Waals surface area contributed by atoms with Crippen LogP contribution in [0.25, 0.3) is 0 Å². The molecule has 0 bridgehead atoms. The molecule has 0 aliphatic rings. The zero-order valence-electron chi connectivity index (χ0n) is 12.7. The van der Waals surface area contributed by atoms with Crippen molar-refractivity contribution in [3.05, 3.63) is 30.1 Å². The Bertz CT molecular complexity index is 397. The Morgan fingerprint density at radius 2 is 1.90 bits per heavy atom. The van der Waals surface area contributed by atoms with Gasteiger partial charge in [0.25, 0.3) is 0 Å².